The second kappa shape index (κ2) is 5.88. The Morgan fingerprint density at radius 2 is 1.78 bits per heavy atom. The number of halogens is 1. The fourth-order valence-corrected chi connectivity index (χ4v) is 3.03. The van der Waals surface area contributed by atoms with Crippen LogP contribution in [0.2, 0.25) is 24.7 Å². The zero-order valence-corrected chi connectivity index (χ0v) is 15.6. The van der Waals surface area contributed by atoms with E-state index in [1.54, 1.807) is 0 Å². The molecule has 0 spiro atoms. The SMILES string of the molecule is Cc1cc(-c2ccc(Cl)cc2)cn2c(C#C[Si](C)(C)C)cnc12. The largest absolute Gasteiger partial charge is 0.292 e. The first-order valence-electron chi connectivity index (χ1n) is 7.60. The van der Waals surface area contributed by atoms with Gasteiger partial charge in [0.05, 0.1) is 6.20 Å². The maximum atomic E-state index is 5.99. The normalized spacial score (nSPS) is 11.3. The van der Waals surface area contributed by atoms with Crippen LogP contribution in [0.5, 0.6) is 0 Å². The molecule has 1 aromatic carbocycles. The molecule has 0 saturated carbocycles. The highest BCUT2D eigenvalue weighted by Gasteiger charge is 2.10. The maximum Gasteiger partial charge on any atom is 0.140 e. The lowest BCUT2D eigenvalue weighted by Crippen LogP contribution is -2.16. The van der Waals surface area contributed by atoms with Gasteiger partial charge in [-0.15, -0.1) is 5.54 Å². The first-order valence-corrected chi connectivity index (χ1v) is 11.5. The second-order valence-electron chi connectivity index (χ2n) is 6.76. The molecule has 2 nitrogen and oxygen atoms in total. The molecule has 0 unspecified atom stereocenters. The van der Waals surface area contributed by atoms with Crippen molar-refractivity contribution in [2.75, 3.05) is 0 Å². The van der Waals surface area contributed by atoms with Gasteiger partial charge in [-0.1, -0.05) is 49.3 Å². The third-order valence-electron chi connectivity index (χ3n) is 3.53. The summed E-state index contributed by atoms with van der Waals surface area (Å²) in [6, 6.07) is 10.0. The monoisotopic (exact) mass is 338 g/mol. The second-order valence-corrected chi connectivity index (χ2v) is 11.9. The van der Waals surface area contributed by atoms with Crippen LogP contribution in [0.25, 0.3) is 16.8 Å². The van der Waals surface area contributed by atoms with Crippen LogP contribution in [0.4, 0.5) is 0 Å². The van der Waals surface area contributed by atoms with Gasteiger partial charge in [-0.2, -0.15) is 0 Å². The molecule has 0 radical (unpaired) electrons. The number of nitrogens with zero attached hydrogens (tertiary/aromatic N) is 2. The summed E-state index contributed by atoms with van der Waals surface area (Å²) in [6.45, 7) is 8.81. The summed E-state index contributed by atoms with van der Waals surface area (Å²) in [7, 11) is -1.42. The quantitative estimate of drug-likeness (QED) is 0.440. The highest BCUT2D eigenvalue weighted by Crippen LogP contribution is 2.24. The Morgan fingerprint density at radius 3 is 2.43 bits per heavy atom. The van der Waals surface area contributed by atoms with Gasteiger partial charge >= 0.3 is 0 Å². The zero-order valence-electron chi connectivity index (χ0n) is 13.8. The first kappa shape index (κ1) is 15.9. The predicted molar refractivity (Wildman–Crippen MR) is 101 cm³/mol. The lowest BCUT2D eigenvalue weighted by Gasteiger charge is -2.07. The van der Waals surface area contributed by atoms with Crippen LogP contribution in [0, 0.1) is 18.4 Å². The van der Waals surface area contributed by atoms with E-state index in [9.17, 15) is 0 Å². The Kier molecular flexibility index (Phi) is 4.05. The molecule has 0 aliphatic heterocycles. The van der Waals surface area contributed by atoms with E-state index in [0.717, 1.165) is 33.1 Å². The Labute approximate surface area is 143 Å². The molecule has 3 rings (SSSR count). The number of hydrogen-bond acceptors (Lipinski definition) is 1. The van der Waals surface area contributed by atoms with E-state index in [1.165, 1.54) is 0 Å². The third-order valence-corrected chi connectivity index (χ3v) is 4.66. The molecule has 0 atom stereocenters. The van der Waals surface area contributed by atoms with E-state index in [1.807, 2.05) is 30.5 Å². The summed E-state index contributed by atoms with van der Waals surface area (Å²) in [5.41, 5.74) is 8.73. The zero-order chi connectivity index (χ0) is 16.6. The fourth-order valence-electron chi connectivity index (χ4n) is 2.40. The Balaban J connectivity index is 2.15. The van der Waals surface area contributed by atoms with Crippen LogP contribution in [0.1, 0.15) is 11.3 Å². The van der Waals surface area contributed by atoms with Gasteiger partial charge in [0.15, 0.2) is 0 Å². The molecular formula is C19H19ClN2Si. The molecule has 0 aliphatic rings. The number of pyridine rings is 1. The van der Waals surface area contributed by atoms with Crippen molar-refractivity contribution < 1.29 is 0 Å². The number of imidazole rings is 1. The average Bonchev–Trinajstić information content (AvgIpc) is 2.89. The summed E-state index contributed by atoms with van der Waals surface area (Å²) in [4.78, 5) is 4.52. The van der Waals surface area contributed by atoms with Gasteiger partial charge in [0.1, 0.15) is 19.4 Å². The Morgan fingerprint density at radius 1 is 1.09 bits per heavy atom. The third kappa shape index (κ3) is 3.50. The summed E-state index contributed by atoms with van der Waals surface area (Å²) >= 11 is 5.99. The van der Waals surface area contributed by atoms with Gasteiger partial charge in [-0.05, 0) is 41.8 Å². The highest BCUT2D eigenvalue weighted by atomic mass is 35.5. The van der Waals surface area contributed by atoms with Gasteiger partial charge in [-0.25, -0.2) is 4.98 Å². The highest BCUT2D eigenvalue weighted by molar-refractivity contribution is 6.83. The molecule has 116 valence electrons. The van der Waals surface area contributed by atoms with E-state index in [2.05, 4.69) is 59.7 Å². The molecule has 4 heteroatoms. The van der Waals surface area contributed by atoms with Gasteiger partial charge in [0, 0.05) is 11.2 Å². The minimum atomic E-state index is -1.42. The molecule has 2 heterocycles. The number of aryl methyl sites for hydroxylation is 1. The maximum absolute atomic E-state index is 5.99. The average molecular weight is 339 g/mol. The molecular weight excluding hydrogens is 320 g/mol. The van der Waals surface area contributed by atoms with Crippen LogP contribution < -0.4 is 0 Å². The van der Waals surface area contributed by atoms with Crippen molar-refractivity contribution in [1.82, 2.24) is 9.38 Å². The van der Waals surface area contributed by atoms with E-state index in [-0.39, 0.29) is 0 Å². The molecule has 0 bridgehead atoms. The molecule has 0 amide bonds. The molecule has 3 aromatic rings. The first-order chi connectivity index (χ1) is 10.8. The van der Waals surface area contributed by atoms with Crippen molar-refractivity contribution in [3.05, 3.63) is 59.0 Å². The van der Waals surface area contributed by atoms with Crippen molar-refractivity contribution in [2.24, 2.45) is 0 Å². The number of rotatable bonds is 1. The van der Waals surface area contributed by atoms with E-state index in [4.69, 9.17) is 11.6 Å². The fraction of sp³-hybridized carbons (Fsp3) is 0.211. The summed E-state index contributed by atoms with van der Waals surface area (Å²) in [5.74, 6) is 3.31. The number of fused-ring (bicyclic) bond motifs is 1. The molecule has 0 N–H and O–H groups in total. The lowest BCUT2D eigenvalue weighted by molar-refractivity contribution is 1.15. The van der Waals surface area contributed by atoms with Crippen LogP contribution >= 0.6 is 11.6 Å². The van der Waals surface area contributed by atoms with E-state index in [0.29, 0.717) is 0 Å². The van der Waals surface area contributed by atoms with E-state index >= 15 is 0 Å². The molecule has 23 heavy (non-hydrogen) atoms. The predicted octanol–water partition coefficient (Wildman–Crippen LogP) is 5.19. The van der Waals surface area contributed by atoms with Crippen LogP contribution in [-0.2, 0) is 0 Å². The van der Waals surface area contributed by atoms with Gasteiger partial charge in [0.2, 0.25) is 0 Å². The summed E-state index contributed by atoms with van der Waals surface area (Å²) < 4.78 is 2.09. The topological polar surface area (TPSA) is 17.3 Å². The van der Waals surface area contributed by atoms with Gasteiger partial charge in [0.25, 0.3) is 0 Å². The molecule has 0 saturated heterocycles. The van der Waals surface area contributed by atoms with Crippen LogP contribution in [0.3, 0.4) is 0 Å². The standard InChI is InChI=1S/C19H19ClN2Si/c1-14-11-16(15-5-7-17(20)8-6-15)13-22-18(12-21-19(14)22)9-10-23(2,3)4/h5-8,11-13H,1-4H3. The number of benzene rings is 1. The summed E-state index contributed by atoms with van der Waals surface area (Å²) in [6.07, 6.45) is 3.97. The van der Waals surface area contributed by atoms with Gasteiger partial charge in [-0.3, -0.25) is 4.40 Å². The number of hydrogen-bond donors (Lipinski definition) is 0. The van der Waals surface area contributed by atoms with Crippen LogP contribution in [0.15, 0.2) is 42.7 Å². The van der Waals surface area contributed by atoms with Gasteiger partial charge < -0.3 is 0 Å². The van der Waals surface area contributed by atoms with Crippen molar-refractivity contribution in [3.8, 4) is 22.6 Å². The Hall–Kier alpha value is -2.02. The van der Waals surface area contributed by atoms with Crippen molar-refractivity contribution in [1.29, 1.82) is 0 Å². The van der Waals surface area contributed by atoms with E-state index < -0.39 is 8.07 Å². The van der Waals surface area contributed by atoms with Crippen molar-refractivity contribution >= 4 is 25.3 Å². The minimum absolute atomic E-state index is 0.746. The Bertz CT molecular complexity index is 922. The molecule has 0 aliphatic carbocycles. The summed E-state index contributed by atoms with van der Waals surface area (Å²) in [5, 5.41) is 0.746. The van der Waals surface area contributed by atoms with Crippen molar-refractivity contribution in [3.63, 3.8) is 0 Å². The lowest BCUT2D eigenvalue weighted by atomic mass is 10.1. The minimum Gasteiger partial charge on any atom is -0.292 e. The smallest absolute Gasteiger partial charge is 0.140 e. The molecule has 2 aromatic heterocycles. The van der Waals surface area contributed by atoms with Crippen molar-refractivity contribution in [2.45, 2.75) is 26.6 Å². The number of aromatic nitrogens is 2. The van der Waals surface area contributed by atoms with Crippen LogP contribution in [-0.4, -0.2) is 17.5 Å². The molecule has 0 fully saturated rings.